The molecule has 1 aliphatic rings. The van der Waals surface area contributed by atoms with Crippen LogP contribution < -0.4 is 9.80 Å². The molecule has 2 aromatic heterocycles. The second-order valence-electron chi connectivity index (χ2n) is 6.79. The summed E-state index contributed by atoms with van der Waals surface area (Å²) in [6.45, 7) is 4.20. The number of para-hydroxylation sites is 1. The molecule has 1 unspecified atom stereocenters. The van der Waals surface area contributed by atoms with Crippen molar-refractivity contribution in [3.63, 3.8) is 0 Å². The molecule has 0 radical (unpaired) electrons. The Bertz CT molecular complexity index is 896. The van der Waals surface area contributed by atoms with Gasteiger partial charge in [-0.05, 0) is 44.0 Å². The molecule has 1 saturated heterocycles. The molecule has 0 aliphatic carbocycles. The first kappa shape index (κ1) is 18.1. The van der Waals surface area contributed by atoms with Gasteiger partial charge in [0.1, 0.15) is 12.7 Å². The van der Waals surface area contributed by atoms with Crippen molar-refractivity contribution in [1.29, 1.82) is 0 Å². The number of aromatic nitrogens is 5. The maximum atomic E-state index is 13.2. The fourth-order valence-electron chi connectivity index (χ4n) is 3.62. The summed E-state index contributed by atoms with van der Waals surface area (Å²) >= 11 is 0. The van der Waals surface area contributed by atoms with Gasteiger partial charge in [0.15, 0.2) is 11.6 Å². The van der Waals surface area contributed by atoms with Crippen LogP contribution in [-0.4, -0.2) is 50.5 Å². The number of anilines is 2. The highest BCUT2D eigenvalue weighted by atomic mass is 16.2. The highest BCUT2D eigenvalue weighted by molar-refractivity contribution is 5.95. The van der Waals surface area contributed by atoms with Gasteiger partial charge in [-0.1, -0.05) is 18.2 Å². The number of nitrogens with zero attached hydrogens (tertiary/aromatic N) is 7. The van der Waals surface area contributed by atoms with E-state index in [9.17, 15) is 4.79 Å². The molecule has 1 atom stereocenters. The lowest BCUT2D eigenvalue weighted by atomic mass is 9.96. The van der Waals surface area contributed by atoms with E-state index in [0.29, 0.717) is 18.9 Å². The number of rotatable bonds is 5. The van der Waals surface area contributed by atoms with Crippen molar-refractivity contribution < 1.29 is 4.79 Å². The SMILES string of the molecule is CCN(C(=O)C1CCCN(c2ccc(-n3cncn3)nn2)C1)c1ccccc1. The molecule has 8 heteroatoms. The Kier molecular flexibility index (Phi) is 5.27. The lowest BCUT2D eigenvalue weighted by molar-refractivity contribution is -0.122. The summed E-state index contributed by atoms with van der Waals surface area (Å²) in [5.74, 6) is 1.52. The minimum absolute atomic E-state index is 0.0503. The molecule has 0 spiro atoms. The largest absolute Gasteiger partial charge is 0.354 e. The summed E-state index contributed by atoms with van der Waals surface area (Å²) in [6.07, 6.45) is 4.89. The van der Waals surface area contributed by atoms with Gasteiger partial charge in [0.25, 0.3) is 0 Å². The fraction of sp³-hybridized carbons (Fsp3) is 0.350. The van der Waals surface area contributed by atoms with E-state index < -0.39 is 0 Å². The molecule has 28 heavy (non-hydrogen) atoms. The van der Waals surface area contributed by atoms with Crippen LogP contribution in [0.4, 0.5) is 11.5 Å². The molecular weight excluding hydrogens is 354 g/mol. The second-order valence-corrected chi connectivity index (χ2v) is 6.79. The third-order valence-corrected chi connectivity index (χ3v) is 5.03. The first-order valence-corrected chi connectivity index (χ1v) is 9.56. The number of benzene rings is 1. The number of hydrogen-bond donors (Lipinski definition) is 0. The van der Waals surface area contributed by atoms with Crippen molar-refractivity contribution in [3.8, 4) is 5.82 Å². The maximum Gasteiger partial charge on any atom is 0.231 e. The molecule has 0 N–H and O–H groups in total. The van der Waals surface area contributed by atoms with Crippen molar-refractivity contribution in [2.45, 2.75) is 19.8 Å². The average Bonchev–Trinajstić information content (AvgIpc) is 3.30. The van der Waals surface area contributed by atoms with Gasteiger partial charge in [-0.3, -0.25) is 4.79 Å². The topological polar surface area (TPSA) is 80.0 Å². The molecule has 0 bridgehead atoms. The van der Waals surface area contributed by atoms with Gasteiger partial charge in [0.05, 0.1) is 5.92 Å². The Morgan fingerprint density at radius 3 is 2.61 bits per heavy atom. The molecule has 1 aliphatic heterocycles. The van der Waals surface area contributed by atoms with Crippen LogP contribution >= 0.6 is 0 Å². The predicted molar refractivity (Wildman–Crippen MR) is 106 cm³/mol. The summed E-state index contributed by atoms with van der Waals surface area (Å²) < 4.78 is 1.57. The first-order valence-electron chi connectivity index (χ1n) is 9.56. The maximum absolute atomic E-state index is 13.2. The number of carbonyl (C=O) groups excluding carboxylic acids is 1. The summed E-state index contributed by atoms with van der Waals surface area (Å²) in [5.41, 5.74) is 0.948. The number of carbonyl (C=O) groups is 1. The van der Waals surface area contributed by atoms with Crippen molar-refractivity contribution in [2.75, 3.05) is 29.4 Å². The van der Waals surface area contributed by atoms with Crippen LogP contribution in [0.3, 0.4) is 0 Å². The van der Waals surface area contributed by atoms with Crippen LogP contribution in [0.25, 0.3) is 5.82 Å². The predicted octanol–water partition coefficient (Wildman–Crippen LogP) is 2.33. The lowest BCUT2D eigenvalue weighted by Crippen LogP contribution is -2.45. The molecule has 0 saturated carbocycles. The lowest BCUT2D eigenvalue weighted by Gasteiger charge is -2.35. The first-order chi connectivity index (χ1) is 13.8. The van der Waals surface area contributed by atoms with E-state index in [-0.39, 0.29) is 11.8 Å². The zero-order valence-corrected chi connectivity index (χ0v) is 15.8. The number of hydrogen-bond acceptors (Lipinski definition) is 6. The van der Waals surface area contributed by atoms with Gasteiger partial charge >= 0.3 is 0 Å². The summed E-state index contributed by atoms with van der Waals surface area (Å²) in [4.78, 5) is 21.1. The number of amides is 1. The van der Waals surface area contributed by atoms with Crippen molar-refractivity contribution >= 4 is 17.4 Å². The van der Waals surface area contributed by atoms with Crippen LogP contribution in [0.2, 0.25) is 0 Å². The fourth-order valence-corrected chi connectivity index (χ4v) is 3.62. The van der Waals surface area contributed by atoms with Gasteiger partial charge in [0, 0.05) is 25.3 Å². The summed E-state index contributed by atoms with van der Waals surface area (Å²) in [6, 6.07) is 13.6. The van der Waals surface area contributed by atoms with Crippen molar-refractivity contribution in [3.05, 3.63) is 55.1 Å². The van der Waals surface area contributed by atoms with E-state index in [1.54, 1.807) is 11.0 Å². The Morgan fingerprint density at radius 2 is 1.93 bits per heavy atom. The van der Waals surface area contributed by atoms with E-state index in [0.717, 1.165) is 30.9 Å². The van der Waals surface area contributed by atoms with E-state index in [2.05, 4.69) is 25.2 Å². The van der Waals surface area contributed by atoms with E-state index in [4.69, 9.17) is 0 Å². The zero-order valence-electron chi connectivity index (χ0n) is 15.8. The molecule has 8 nitrogen and oxygen atoms in total. The van der Waals surface area contributed by atoms with Crippen LogP contribution in [-0.2, 0) is 4.79 Å². The Balaban J connectivity index is 1.47. The molecule has 1 aromatic carbocycles. The molecule has 1 fully saturated rings. The van der Waals surface area contributed by atoms with Gasteiger partial charge < -0.3 is 9.80 Å². The third-order valence-electron chi connectivity index (χ3n) is 5.03. The Labute approximate surface area is 163 Å². The van der Waals surface area contributed by atoms with Gasteiger partial charge in [-0.15, -0.1) is 10.2 Å². The van der Waals surface area contributed by atoms with E-state index in [1.807, 2.05) is 54.3 Å². The van der Waals surface area contributed by atoms with Crippen LogP contribution in [0, 0.1) is 5.92 Å². The zero-order chi connectivity index (χ0) is 19.3. The van der Waals surface area contributed by atoms with Crippen LogP contribution in [0.5, 0.6) is 0 Å². The number of piperidine rings is 1. The van der Waals surface area contributed by atoms with Gasteiger partial charge in [-0.25, -0.2) is 9.67 Å². The van der Waals surface area contributed by atoms with Crippen molar-refractivity contribution in [2.24, 2.45) is 5.92 Å². The highest BCUT2D eigenvalue weighted by Gasteiger charge is 2.30. The Morgan fingerprint density at radius 1 is 1.14 bits per heavy atom. The quantitative estimate of drug-likeness (QED) is 0.679. The van der Waals surface area contributed by atoms with Gasteiger partial charge in [-0.2, -0.15) is 5.10 Å². The standard InChI is InChI=1S/C20H23N7O/c1-2-26(17-8-4-3-5-9-17)20(28)16-7-6-12-25(13-16)18-10-11-19(24-23-18)27-15-21-14-22-27/h3-5,8-11,14-16H,2,6-7,12-13H2,1H3. The monoisotopic (exact) mass is 377 g/mol. The normalized spacial score (nSPS) is 16.8. The highest BCUT2D eigenvalue weighted by Crippen LogP contribution is 2.25. The average molecular weight is 377 g/mol. The van der Waals surface area contributed by atoms with E-state index in [1.165, 1.54) is 6.33 Å². The van der Waals surface area contributed by atoms with Crippen molar-refractivity contribution in [1.82, 2.24) is 25.0 Å². The minimum Gasteiger partial charge on any atom is -0.354 e. The molecule has 4 rings (SSSR count). The van der Waals surface area contributed by atoms with E-state index >= 15 is 0 Å². The third kappa shape index (κ3) is 3.71. The summed E-state index contributed by atoms with van der Waals surface area (Å²) in [7, 11) is 0. The van der Waals surface area contributed by atoms with Crippen LogP contribution in [0.1, 0.15) is 19.8 Å². The molecule has 1 amide bonds. The molecular formula is C20H23N7O. The smallest absolute Gasteiger partial charge is 0.231 e. The van der Waals surface area contributed by atoms with Gasteiger partial charge in [0.2, 0.25) is 5.91 Å². The Hall–Kier alpha value is -3.29. The molecule has 144 valence electrons. The molecule has 3 heterocycles. The molecule has 3 aromatic rings. The minimum atomic E-state index is -0.0503. The summed E-state index contributed by atoms with van der Waals surface area (Å²) in [5, 5.41) is 12.6. The van der Waals surface area contributed by atoms with Crippen LogP contribution in [0.15, 0.2) is 55.1 Å². The second kappa shape index (κ2) is 8.16.